The summed E-state index contributed by atoms with van der Waals surface area (Å²) in [4.78, 5) is 4.57. The molecular weight excluding hydrogens is 358 g/mol. The number of hydrogen-bond donors (Lipinski definition) is 3. The fourth-order valence-electron chi connectivity index (χ4n) is 2.65. The van der Waals surface area contributed by atoms with E-state index in [4.69, 9.17) is 14.2 Å². The lowest BCUT2D eigenvalue weighted by Gasteiger charge is -2.18. The van der Waals surface area contributed by atoms with E-state index in [0.717, 1.165) is 11.3 Å². The lowest BCUT2D eigenvalue weighted by atomic mass is 10.1. The highest BCUT2D eigenvalue weighted by Gasteiger charge is 2.15. The van der Waals surface area contributed by atoms with Gasteiger partial charge in [-0.1, -0.05) is 12.1 Å². The van der Waals surface area contributed by atoms with Gasteiger partial charge in [0.05, 0.1) is 34.0 Å². The molecule has 7 heteroatoms. The summed E-state index contributed by atoms with van der Waals surface area (Å²) in [5.41, 5.74) is 1.72. The predicted molar refractivity (Wildman–Crippen MR) is 110 cm³/mol. The maximum absolute atomic E-state index is 10.6. The lowest BCUT2D eigenvalue weighted by Crippen LogP contribution is -2.39. The highest BCUT2D eigenvalue weighted by molar-refractivity contribution is 5.79. The molecule has 2 aromatic carbocycles. The number of ether oxygens (including phenoxy) is 3. The Labute approximate surface area is 166 Å². The summed E-state index contributed by atoms with van der Waals surface area (Å²) in [6, 6.07) is 13.1. The fraction of sp³-hybridized carbons (Fsp3) is 0.381. The number of aliphatic hydroxyl groups excluding tert-OH is 1. The number of benzene rings is 2. The van der Waals surface area contributed by atoms with Crippen molar-refractivity contribution in [2.24, 2.45) is 4.99 Å². The summed E-state index contributed by atoms with van der Waals surface area (Å²) in [7, 11) is 4.81. The van der Waals surface area contributed by atoms with E-state index in [1.54, 1.807) is 39.5 Å². The number of methoxy groups -OCH3 is 3. The summed E-state index contributed by atoms with van der Waals surface area (Å²) in [5, 5.41) is 17.0. The maximum atomic E-state index is 10.6. The number of aliphatic imine (C=N–C) groups is 1. The van der Waals surface area contributed by atoms with Gasteiger partial charge in [0, 0.05) is 18.7 Å². The lowest BCUT2D eigenvalue weighted by molar-refractivity contribution is 0.176. The predicted octanol–water partition coefficient (Wildman–Crippen LogP) is 2.50. The molecule has 28 heavy (non-hydrogen) atoms. The third kappa shape index (κ3) is 6.06. The maximum Gasteiger partial charge on any atom is 0.191 e. The molecule has 0 bridgehead atoms. The van der Waals surface area contributed by atoms with E-state index < -0.39 is 6.10 Å². The van der Waals surface area contributed by atoms with E-state index in [1.165, 1.54) is 0 Å². The van der Waals surface area contributed by atoms with Crippen molar-refractivity contribution in [3.05, 3.63) is 53.6 Å². The van der Waals surface area contributed by atoms with Crippen LogP contribution in [0.15, 0.2) is 47.5 Å². The van der Waals surface area contributed by atoms with Crippen molar-refractivity contribution in [2.45, 2.75) is 19.6 Å². The SMILES string of the molecule is CCNC(=NCc1ccc(OC)cc1)NCC(O)c1cc(OC)ccc1OC. The normalized spacial score (nSPS) is 12.2. The zero-order valence-corrected chi connectivity index (χ0v) is 16.9. The molecule has 0 aliphatic rings. The third-order valence-corrected chi connectivity index (χ3v) is 4.18. The summed E-state index contributed by atoms with van der Waals surface area (Å²) in [5.74, 6) is 2.71. The summed E-state index contributed by atoms with van der Waals surface area (Å²) in [6.45, 7) is 3.50. The van der Waals surface area contributed by atoms with Crippen molar-refractivity contribution in [1.82, 2.24) is 10.6 Å². The molecule has 0 heterocycles. The highest BCUT2D eigenvalue weighted by atomic mass is 16.5. The molecule has 1 unspecified atom stereocenters. The monoisotopic (exact) mass is 387 g/mol. The first-order valence-electron chi connectivity index (χ1n) is 9.16. The Bertz CT molecular complexity index is 763. The van der Waals surface area contributed by atoms with Crippen LogP contribution in [0.4, 0.5) is 0 Å². The molecule has 7 nitrogen and oxygen atoms in total. The molecule has 1 atom stereocenters. The Balaban J connectivity index is 2.03. The van der Waals surface area contributed by atoms with Crippen molar-refractivity contribution in [3.63, 3.8) is 0 Å². The Hall–Kier alpha value is -2.93. The standard InChI is InChI=1S/C21H29N3O4/c1-5-22-21(23-13-15-6-8-16(26-2)9-7-15)24-14-19(25)18-12-17(27-3)10-11-20(18)28-4/h6-12,19,25H,5,13-14H2,1-4H3,(H2,22,23,24). The van der Waals surface area contributed by atoms with E-state index in [0.29, 0.717) is 36.1 Å². The van der Waals surface area contributed by atoms with E-state index in [9.17, 15) is 5.11 Å². The molecule has 0 saturated heterocycles. The molecule has 0 radical (unpaired) electrons. The number of nitrogens with one attached hydrogen (secondary N) is 2. The van der Waals surface area contributed by atoms with E-state index in [-0.39, 0.29) is 6.54 Å². The van der Waals surface area contributed by atoms with Crippen LogP contribution in [0, 0.1) is 0 Å². The molecule has 152 valence electrons. The second kappa shape index (κ2) is 11.0. The molecule has 0 aliphatic carbocycles. The molecule has 0 spiro atoms. The van der Waals surface area contributed by atoms with Crippen LogP contribution < -0.4 is 24.8 Å². The van der Waals surface area contributed by atoms with Crippen LogP contribution in [-0.2, 0) is 6.54 Å². The summed E-state index contributed by atoms with van der Waals surface area (Å²) in [6.07, 6.45) is -0.783. The van der Waals surface area contributed by atoms with Crippen molar-refractivity contribution >= 4 is 5.96 Å². The minimum Gasteiger partial charge on any atom is -0.497 e. The Morgan fingerprint density at radius 1 is 0.964 bits per heavy atom. The fourth-order valence-corrected chi connectivity index (χ4v) is 2.65. The van der Waals surface area contributed by atoms with E-state index in [1.807, 2.05) is 31.2 Å². The molecular formula is C21H29N3O4. The Morgan fingerprint density at radius 2 is 1.64 bits per heavy atom. The van der Waals surface area contributed by atoms with Gasteiger partial charge in [-0.3, -0.25) is 0 Å². The van der Waals surface area contributed by atoms with Gasteiger partial charge in [-0.15, -0.1) is 0 Å². The third-order valence-electron chi connectivity index (χ3n) is 4.18. The highest BCUT2D eigenvalue weighted by Crippen LogP contribution is 2.29. The van der Waals surface area contributed by atoms with Crippen molar-refractivity contribution in [2.75, 3.05) is 34.4 Å². The van der Waals surface area contributed by atoms with Gasteiger partial charge in [0.25, 0.3) is 0 Å². The van der Waals surface area contributed by atoms with Gasteiger partial charge in [-0.2, -0.15) is 0 Å². The quantitative estimate of drug-likeness (QED) is 0.453. The van der Waals surface area contributed by atoms with Gasteiger partial charge in [0.1, 0.15) is 17.2 Å². The minimum atomic E-state index is -0.783. The van der Waals surface area contributed by atoms with Crippen LogP contribution >= 0.6 is 0 Å². The molecule has 0 amide bonds. The summed E-state index contributed by atoms with van der Waals surface area (Å²) < 4.78 is 15.8. The van der Waals surface area contributed by atoms with Crippen molar-refractivity contribution in [1.29, 1.82) is 0 Å². The summed E-state index contributed by atoms with van der Waals surface area (Å²) >= 11 is 0. The van der Waals surface area contributed by atoms with Crippen molar-refractivity contribution < 1.29 is 19.3 Å². The van der Waals surface area contributed by atoms with Gasteiger partial charge in [0.2, 0.25) is 0 Å². The average molecular weight is 387 g/mol. The zero-order valence-electron chi connectivity index (χ0n) is 16.9. The second-order valence-electron chi connectivity index (χ2n) is 6.05. The van der Waals surface area contributed by atoms with Crippen LogP contribution in [0.2, 0.25) is 0 Å². The minimum absolute atomic E-state index is 0.276. The Morgan fingerprint density at radius 3 is 2.25 bits per heavy atom. The van der Waals surface area contributed by atoms with Crippen LogP contribution in [0.5, 0.6) is 17.2 Å². The van der Waals surface area contributed by atoms with Gasteiger partial charge in [0.15, 0.2) is 5.96 Å². The smallest absolute Gasteiger partial charge is 0.191 e. The molecule has 0 aromatic heterocycles. The number of hydrogen-bond acceptors (Lipinski definition) is 5. The van der Waals surface area contributed by atoms with Crippen molar-refractivity contribution in [3.8, 4) is 17.2 Å². The van der Waals surface area contributed by atoms with Gasteiger partial charge in [-0.05, 0) is 42.8 Å². The number of nitrogens with zero attached hydrogens (tertiary/aromatic N) is 1. The van der Waals surface area contributed by atoms with Crippen LogP contribution in [0.1, 0.15) is 24.2 Å². The topological polar surface area (TPSA) is 84.3 Å². The average Bonchev–Trinajstić information content (AvgIpc) is 2.75. The first kappa shape index (κ1) is 21.4. The van der Waals surface area contributed by atoms with Crippen LogP contribution in [0.3, 0.4) is 0 Å². The Kier molecular flexibility index (Phi) is 8.42. The van der Waals surface area contributed by atoms with Gasteiger partial charge < -0.3 is 30.0 Å². The molecule has 2 rings (SSSR count). The molecule has 0 fully saturated rings. The number of aliphatic hydroxyl groups is 1. The van der Waals surface area contributed by atoms with Crippen LogP contribution in [-0.4, -0.2) is 45.5 Å². The first-order valence-corrected chi connectivity index (χ1v) is 9.16. The molecule has 0 saturated carbocycles. The zero-order chi connectivity index (χ0) is 20.4. The second-order valence-corrected chi connectivity index (χ2v) is 6.05. The first-order chi connectivity index (χ1) is 13.6. The number of guanidine groups is 1. The molecule has 2 aromatic rings. The number of rotatable bonds is 9. The largest absolute Gasteiger partial charge is 0.497 e. The van der Waals surface area contributed by atoms with Gasteiger partial charge in [-0.25, -0.2) is 4.99 Å². The molecule has 3 N–H and O–H groups in total. The van der Waals surface area contributed by atoms with Gasteiger partial charge >= 0.3 is 0 Å². The van der Waals surface area contributed by atoms with E-state index in [2.05, 4.69) is 15.6 Å². The van der Waals surface area contributed by atoms with Crippen LogP contribution in [0.25, 0.3) is 0 Å². The molecule has 0 aliphatic heterocycles. The van der Waals surface area contributed by atoms with E-state index >= 15 is 0 Å².